The summed E-state index contributed by atoms with van der Waals surface area (Å²) in [6, 6.07) is 12.8. The van der Waals surface area contributed by atoms with Crippen molar-refractivity contribution in [2.75, 3.05) is 36.4 Å². The van der Waals surface area contributed by atoms with Gasteiger partial charge in [-0.05, 0) is 33.3 Å². The lowest BCUT2D eigenvalue weighted by molar-refractivity contribution is 0.249. The van der Waals surface area contributed by atoms with E-state index in [1.807, 2.05) is 6.92 Å². The second kappa shape index (κ2) is 7.40. The molecule has 1 aliphatic rings. The Morgan fingerprint density at radius 1 is 1.00 bits per heavy atom. The minimum Gasteiger partial charge on any atom is -0.354 e. The molecule has 0 radical (unpaired) electrons. The molecular weight excluding hydrogens is 310 g/mol. The minimum atomic E-state index is -0.0422. The van der Waals surface area contributed by atoms with Gasteiger partial charge in [0, 0.05) is 50.0 Å². The van der Waals surface area contributed by atoms with Crippen LogP contribution in [0.15, 0.2) is 36.4 Å². The number of nitrogens with one attached hydrogen (secondary N) is 1. The molecule has 5 nitrogen and oxygen atoms in total. The summed E-state index contributed by atoms with van der Waals surface area (Å²) in [4.78, 5) is 14.1. The second-order valence-corrected chi connectivity index (χ2v) is 7.81. The van der Waals surface area contributed by atoms with Gasteiger partial charge in [-0.2, -0.15) is 4.98 Å². The number of aromatic nitrogens is 2. The van der Waals surface area contributed by atoms with E-state index >= 15 is 0 Å². The number of nitrogens with zero attached hydrogens (tertiary/aromatic N) is 4. The molecule has 1 aliphatic heterocycles. The fourth-order valence-corrected chi connectivity index (χ4v) is 3.08. The van der Waals surface area contributed by atoms with Gasteiger partial charge >= 0.3 is 0 Å². The predicted molar refractivity (Wildman–Crippen MR) is 104 cm³/mol. The molecule has 0 amide bonds. The molecule has 0 bridgehead atoms. The molecule has 25 heavy (non-hydrogen) atoms. The molecule has 0 atom stereocenters. The zero-order valence-corrected chi connectivity index (χ0v) is 15.8. The lowest BCUT2D eigenvalue weighted by Gasteiger charge is -2.35. The SMILES string of the molecule is Cc1cc(N2CCN(Cc3ccccc3)CC2)nc(NC(C)(C)C)n1. The highest BCUT2D eigenvalue weighted by molar-refractivity contribution is 5.46. The fraction of sp³-hybridized carbons (Fsp3) is 0.500. The molecule has 1 aromatic carbocycles. The van der Waals surface area contributed by atoms with E-state index in [2.05, 4.69) is 77.3 Å². The van der Waals surface area contributed by atoms with E-state index in [1.54, 1.807) is 0 Å². The maximum absolute atomic E-state index is 4.74. The fourth-order valence-electron chi connectivity index (χ4n) is 3.08. The third-order valence-electron chi connectivity index (χ3n) is 4.27. The molecule has 0 unspecified atom stereocenters. The van der Waals surface area contributed by atoms with Gasteiger partial charge in [0.15, 0.2) is 0 Å². The summed E-state index contributed by atoms with van der Waals surface area (Å²) in [6.07, 6.45) is 0. The van der Waals surface area contributed by atoms with Crippen LogP contribution in [0.4, 0.5) is 11.8 Å². The Morgan fingerprint density at radius 2 is 1.68 bits per heavy atom. The summed E-state index contributed by atoms with van der Waals surface area (Å²) >= 11 is 0. The molecule has 1 N–H and O–H groups in total. The first-order valence-corrected chi connectivity index (χ1v) is 9.04. The molecular formula is C20H29N5. The number of aryl methyl sites for hydroxylation is 1. The van der Waals surface area contributed by atoms with Crippen LogP contribution in [-0.4, -0.2) is 46.6 Å². The van der Waals surface area contributed by atoms with Crippen molar-refractivity contribution in [1.82, 2.24) is 14.9 Å². The zero-order chi connectivity index (χ0) is 17.9. The molecule has 2 aromatic rings. The highest BCUT2D eigenvalue weighted by atomic mass is 15.3. The highest BCUT2D eigenvalue weighted by Crippen LogP contribution is 2.19. The summed E-state index contributed by atoms with van der Waals surface area (Å²) in [5.74, 6) is 1.74. The Kier molecular flexibility index (Phi) is 5.23. The molecule has 1 fully saturated rings. The maximum Gasteiger partial charge on any atom is 0.225 e. The van der Waals surface area contributed by atoms with E-state index in [0.717, 1.165) is 44.2 Å². The van der Waals surface area contributed by atoms with Crippen molar-refractivity contribution in [1.29, 1.82) is 0 Å². The quantitative estimate of drug-likeness (QED) is 0.926. The molecule has 3 rings (SSSR count). The third-order valence-corrected chi connectivity index (χ3v) is 4.27. The Balaban J connectivity index is 1.62. The van der Waals surface area contributed by atoms with Crippen LogP contribution in [0, 0.1) is 6.92 Å². The largest absolute Gasteiger partial charge is 0.354 e. The number of rotatable bonds is 4. The number of hydrogen-bond acceptors (Lipinski definition) is 5. The van der Waals surface area contributed by atoms with Crippen molar-refractivity contribution < 1.29 is 0 Å². The van der Waals surface area contributed by atoms with Gasteiger partial charge in [-0.3, -0.25) is 4.90 Å². The number of anilines is 2. The number of benzene rings is 1. The first-order chi connectivity index (χ1) is 11.9. The minimum absolute atomic E-state index is 0.0422. The summed E-state index contributed by atoms with van der Waals surface area (Å²) < 4.78 is 0. The second-order valence-electron chi connectivity index (χ2n) is 7.81. The number of hydrogen-bond donors (Lipinski definition) is 1. The van der Waals surface area contributed by atoms with Crippen LogP contribution in [0.5, 0.6) is 0 Å². The number of piperazine rings is 1. The summed E-state index contributed by atoms with van der Waals surface area (Å²) in [5.41, 5.74) is 2.34. The molecule has 1 saturated heterocycles. The van der Waals surface area contributed by atoms with Crippen molar-refractivity contribution >= 4 is 11.8 Å². The summed E-state index contributed by atoms with van der Waals surface area (Å²) in [5, 5.41) is 3.38. The van der Waals surface area contributed by atoms with Gasteiger partial charge in [-0.25, -0.2) is 4.98 Å². The third kappa shape index (κ3) is 5.16. The summed E-state index contributed by atoms with van der Waals surface area (Å²) in [7, 11) is 0. The van der Waals surface area contributed by atoms with E-state index in [1.165, 1.54) is 5.56 Å². The molecule has 5 heteroatoms. The highest BCUT2D eigenvalue weighted by Gasteiger charge is 2.20. The Bertz CT molecular complexity index is 685. The lowest BCUT2D eigenvalue weighted by atomic mass is 10.1. The van der Waals surface area contributed by atoms with E-state index in [0.29, 0.717) is 5.95 Å². The van der Waals surface area contributed by atoms with Crippen LogP contribution in [0.3, 0.4) is 0 Å². The van der Waals surface area contributed by atoms with Crippen molar-refractivity contribution in [3.05, 3.63) is 47.7 Å². The van der Waals surface area contributed by atoms with Gasteiger partial charge in [0.05, 0.1) is 0 Å². The maximum atomic E-state index is 4.74. The van der Waals surface area contributed by atoms with Crippen molar-refractivity contribution in [2.24, 2.45) is 0 Å². The van der Waals surface area contributed by atoms with Crippen molar-refractivity contribution in [3.63, 3.8) is 0 Å². The van der Waals surface area contributed by atoms with Gasteiger partial charge in [0.1, 0.15) is 5.82 Å². The standard InChI is InChI=1S/C20H29N5/c1-16-14-18(22-19(21-16)23-20(2,3)4)25-12-10-24(11-13-25)15-17-8-6-5-7-9-17/h5-9,14H,10-13,15H2,1-4H3,(H,21,22,23). The van der Waals surface area contributed by atoms with Gasteiger partial charge < -0.3 is 10.2 Å². The van der Waals surface area contributed by atoms with Gasteiger partial charge in [-0.15, -0.1) is 0 Å². The van der Waals surface area contributed by atoms with Crippen LogP contribution in [0.25, 0.3) is 0 Å². The molecule has 2 heterocycles. The average molecular weight is 339 g/mol. The summed E-state index contributed by atoms with van der Waals surface area (Å²) in [6.45, 7) is 13.5. The van der Waals surface area contributed by atoms with Crippen molar-refractivity contribution in [2.45, 2.75) is 39.8 Å². The topological polar surface area (TPSA) is 44.3 Å². The van der Waals surface area contributed by atoms with Crippen LogP contribution in [0.2, 0.25) is 0 Å². The van der Waals surface area contributed by atoms with Crippen molar-refractivity contribution in [3.8, 4) is 0 Å². The Hall–Kier alpha value is -2.14. The molecule has 0 aliphatic carbocycles. The monoisotopic (exact) mass is 339 g/mol. The Morgan fingerprint density at radius 3 is 2.32 bits per heavy atom. The van der Waals surface area contributed by atoms with Gasteiger partial charge in [0.2, 0.25) is 5.95 Å². The van der Waals surface area contributed by atoms with Gasteiger partial charge in [-0.1, -0.05) is 30.3 Å². The van der Waals surface area contributed by atoms with Crippen LogP contribution >= 0.6 is 0 Å². The van der Waals surface area contributed by atoms with E-state index in [-0.39, 0.29) is 5.54 Å². The zero-order valence-electron chi connectivity index (χ0n) is 15.8. The van der Waals surface area contributed by atoms with E-state index in [9.17, 15) is 0 Å². The average Bonchev–Trinajstić information content (AvgIpc) is 2.54. The van der Waals surface area contributed by atoms with E-state index < -0.39 is 0 Å². The van der Waals surface area contributed by atoms with Crippen LogP contribution in [-0.2, 0) is 6.54 Å². The van der Waals surface area contributed by atoms with Crippen LogP contribution in [0.1, 0.15) is 32.0 Å². The van der Waals surface area contributed by atoms with E-state index in [4.69, 9.17) is 4.98 Å². The Labute approximate surface area is 151 Å². The smallest absolute Gasteiger partial charge is 0.225 e. The lowest BCUT2D eigenvalue weighted by Crippen LogP contribution is -2.46. The first-order valence-electron chi connectivity index (χ1n) is 9.04. The molecule has 1 aromatic heterocycles. The molecule has 134 valence electrons. The molecule has 0 spiro atoms. The molecule has 0 saturated carbocycles. The van der Waals surface area contributed by atoms with Crippen LogP contribution < -0.4 is 10.2 Å². The first kappa shape index (κ1) is 17.7. The predicted octanol–water partition coefficient (Wildman–Crippen LogP) is 3.32. The normalized spacial score (nSPS) is 16.1. The van der Waals surface area contributed by atoms with Gasteiger partial charge in [0.25, 0.3) is 0 Å².